The number of anilines is 1. The number of amides is 2. The van der Waals surface area contributed by atoms with E-state index in [0.29, 0.717) is 25.3 Å². The van der Waals surface area contributed by atoms with E-state index in [1.54, 1.807) is 9.80 Å². The molecule has 0 unspecified atom stereocenters. The molecule has 0 spiro atoms. The van der Waals surface area contributed by atoms with Crippen LogP contribution in [0, 0.1) is 0 Å². The zero-order valence-electron chi connectivity index (χ0n) is 18.4. The zero-order chi connectivity index (χ0) is 22.9. The Balaban J connectivity index is 1.63. The lowest BCUT2D eigenvalue weighted by atomic mass is 10.1. The van der Waals surface area contributed by atoms with Crippen LogP contribution >= 0.6 is 0 Å². The Morgan fingerprint density at radius 1 is 0.455 bits per heavy atom. The van der Waals surface area contributed by atoms with Gasteiger partial charge in [-0.25, -0.2) is 0 Å². The van der Waals surface area contributed by atoms with Crippen LogP contribution in [0.2, 0.25) is 0 Å². The van der Waals surface area contributed by atoms with Gasteiger partial charge in [0.2, 0.25) is 0 Å². The van der Waals surface area contributed by atoms with Crippen molar-refractivity contribution in [1.82, 2.24) is 4.90 Å². The van der Waals surface area contributed by atoms with E-state index in [9.17, 15) is 9.59 Å². The minimum atomic E-state index is -0.545. The van der Waals surface area contributed by atoms with Gasteiger partial charge in [-0.2, -0.15) is 0 Å². The van der Waals surface area contributed by atoms with Gasteiger partial charge in [0.25, 0.3) is 0 Å². The van der Waals surface area contributed by atoms with E-state index < -0.39 is 11.8 Å². The van der Waals surface area contributed by atoms with E-state index in [1.807, 2.05) is 121 Å². The highest BCUT2D eigenvalue weighted by molar-refractivity contribution is 6.40. The molecule has 4 heteroatoms. The van der Waals surface area contributed by atoms with Crippen LogP contribution in [0.3, 0.4) is 0 Å². The number of rotatable bonds is 7. The summed E-state index contributed by atoms with van der Waals surface area (Å²) >= 11 is 0. The number of carbonyl (C=O) groups excluding carboxylic acids is 2. The lowest BCUT2D eigenvalue weighted by Gasteiger charge is -2.27. The molecule has 0 radical (unpaired) electrons. The predicted octanol–water partition coefficient (Wildman–Crippen LogP) is 5.45. The topological polar surface area (TPSA) is 40.6 Å². The Kier molecular flexibility index (Phi) is 7.29. The molecule has 0 saturated heterocycles. The summed E-state index contributed by atoms with van der Waals surface area (Å²) in [5, 5.41) is 0. The maximum atomic E-state index is 13.6. The van der Waals surface area contributed by atoms with E-state index in [1.165, 1.54) is 0 Å². The first-order chi connectivity index (χ1) is 16.2. The lowest BCUT2D eigenvalue weighted by Crippen LogP contribution is -2.44. The molecule has 0 aliphatic rings. The third-order valence-corrected chi connectivity index (χ3v) is 5.40. The quantitative estimate of drug-likeness (QED) is 0.363. The van der Waals surface area contributed by atoms with Gasteiger partial charge in [0.05, 0.1) is 6.54 Å². The van der Waals surface area contributed by atoms with Crippen molar-refractivity contribution in [2.75, 3.05) is 4.90 Å². The molecule has 4 aromatic rings. The van der Waals surface area contributed by atoms with Crippen LogP contribution < -0.4 is 4.90 Å². The smallest absolute Gasteiger partial charge is 0.316 e. The normalized spacial score (nSPS) is 10.4. The van der Waals surface area contributed by atoms with E-state index in [4.69, 9.17) is 0 Å². The van der Waals surface area contributed by atoms with Crippen molar-refractivity contribution in [3.05, 3.63) is 138 Å². The van der Waals surface area contributed by atoms with E-state index >= 15 is 0 Å². The Bertz CT molecular complexity index is 1120. The van der Waals surface area contributed by atoms with Crippen LogP contribution in [0.15, 0.2) is 121 Å². The number of carbonyl (C=O) groups is 2. The van der Waals surface area contributed by atoms with Crippen molar-refractivity contribution in [3.63, 3.8) is 0 Å². The van der Waals surface area contributed by atoms with Crippen LogP contribution in [-0.2, 0) is 29.2 Å². The Morgan fingerprint density at radius 3 is 1.24 bits per heavy atom. The molecule has 0 heterocycles. The Labute approximate surface area is 194 Å². The molecule has 0 aliphatic heterocycles. The molecule has 0 atom stereocenters. The van der Waals surface area contributed by atoms with Crippen molar-refractivity contribution in [3.8, 4) is 0 Å². The summed E-state index contributed by atoms with van der Waals surface area (Å²) in [6.07, 6.45) is 0. The minimum Gasteiger partial charge on any atom is -0.326 e. The number of hydrogen-bond acceptors (Lipinski definition) is 2. The number of hydrogen-bond donors (Lipinski definition) is 0. The molecule has 33 heavy (non-hydrogen) atoms. The van der Waals surface area contributed by atoms with Crippen molar-refractivity contribution in [2.24, 2.45) is 0 Å². The Hall–Kier alpha value is -4.18. The van der Waals surface area contributed by atoms with E-state index in [0.717, 1.165) is 16.7 Å². The van der Waals surface area contributed by atoms with Gasteiger partial charge in [-0.3, -0.25) is 14.5 Å². The third-order valence-electron chi connectivity index (χ3n) is 5.40. The summed E-state index contributed by atoms with van der Waals surface area (Å²) in [5.41, 5.74) is 3.60. The van der Waals surface area contributed by atoms with E-state index in [2.05, 4.69) is 0 Å². The molecule has 0 saturated carbocycles. The van der Waals surface area contributed by atoms with Gasteiger partial charge in [0.1, 0.15) is 0 Å². The van der Waals surface area contributed by atoms with Gasteiger partial charge >= 0.3 is 11.8 Å². The fourth-order valence-corrected chi connectivity index (χ4v) is 3.71. The highest BCUT2D eigenvalue weighted by Gasteiger charge is 2.28. The maximum absolute atomic E-state index is 13.6. The van der Waals surface area contributed by atoms with E-state index in [-0.39, 0.29) is 0 Å². The second-order valence-electron chi connectivity index (χ2n) is 7.84. The molecular formula is C29H26N2O2. The summed E-state index contributed by atoms with van der Waals surface area (Å²) < 4.78 is 0. The molecule has 0 N–H and O–H groups in total. The molecule has 4 aromatic carbocycles. The van der Waals surface area contributed by atoms with Crippen LogP contribution in [0.4, 0.5) is 5.69 Å². The fourth-order valence-electron chi connectivity index (χ4n) is 3.71. The molecule has 4 rings (SSSR count). The molecule has 0 bridgehead atoms. The monoisotopic (exact) mass is 434 g/mol. The molecule has 0 aromatic heterocycles. The molecular weight excluding hydrogens is 408 g/mol. The fraction of sp³-hybridized carbons (Fsp3) is 0.103. The van der Waals surface area contributed by atoms with Gasteiger partial charge in [0, 0.05) is 18.8 Å². The number of nitrogens with zero attached hydrogens (tertiary/aromatic N) is 2. The Morgan fingerprint density at radius 2 is 0.818 bits per heavy atom. The van der Waals surface area contributed by atoms with Crippen LogP contribution in [0.1, 0.15) is 16.7 Å². The van der Waals surface area contributed by atoms with Crippen molar-refractivity contribution in [1.29, 1.82) is 0 Å². The number of benzene rings is 4. The first kappa shape index (κ1) is 22.0. The van der Waals surface area contributed by atoms with Gasteiger partial charge < -0.3 is 4.90 Å². The van der Waals surface area contributed by atoms with Crippen molar-refractivity contribution in [2.45, 2.75) is 19.6 Å². The lowest BCUT2D eigenvalue weighted by molar-refractivity contribution is -0.145. The minimum absolute atomic E-state index is 0.319. The maximum Gasteiger partial charge on any atom is 0.316 e. The first-order valence-corrected chi connectivity index (χ1v) is 11.0. The summed E-state index contributed by atoms with van der Waals surface area (Å²) in [7, 11) is 0. The highest BCUT2D eigenvalue weighted by atomic mass is 16.2. The van der Waals surface area contributed by atoms with Crippen LogP contribution in [0.5, 0.6) is 0 Å². The number of para-hydroxylation sites is 1. The van der Waals surface area contributed by atoms with Crippen molar-refractivity contribution >= 4 is 17.5 Å². The van der Waals surface area contributed by atoms with Crippen LogP contribution in [-0.4, -0.2) is 16.7 Å². The largest absolute Gasteiger partial charge is 0.326 e. The van der Waals surface area contributed by atoms with Gasteiger partial charge in [-0.1, -0.05) is 109 Å². The second kappa shape index (κ2) is 10.9. The molecule has 0 fully saturated rings. The van der Waals surface area contributed by atoms with Gasteiger partial charge in [-0.15, -0.1) is 0 Å². The SMILES string of the molecule is O=C(C(=O)N(Cc1ccccc1)c1ccccc1)N(Cc1ccccc1)Cc1ccccc1. The molecule has 4 nitrogen and oxygen atoms in total. The first-order valence-electron chi connectivity index (χ1n) is 11.0. The average molecular weight is 435 g/mol. The molecule has 0 aliphatic carbocycles. The predicted molar refractivity (Wildman–Crippen MR) is 131 cm³/mol. The van der Waals surface area contributed by atoms with Gasteiger partial charge in [-0.05, 0) is 28.8 Å². The third kappa shape index (κ3) is 5.95. The summed E-state index contributed by atoms with van der Waals surface area (Å²) in [6, 6.07) is 38.6. The van der Waals surface area contributed by atoms with Crippen LogP contribution in [0.25, 0.3) is 0 Å². The highest BCUT2D eigenvalue weighted by Crippen LogP contribution is 2.19. The second-order valence-corrected chi connectivity index (χ2v) is 7.84. The van der Waals surface area contributed by atoms with Gasteiger partial charge in [0.15, 0.2) is 0 Å². The molecule has 164 valence electrons. The standard InChI is InChI=1S/C29H26N2O2/c32-28(30(21-24-13-5-1-6-14-24)22-25-15-7-2-8-16-25)29(33)31(27-19-11-4-12-20-27)23-26-17-9-3-10-18-26/h1-20H,21-23H2. The summed E-state index contributed by atoms with van der Waals surface area (Å²) in [6.45, 7) is 1.03. The zero-order valence-corrected chi connectivity index (χ0v) is 18.4. The summed E-state index contributed by atoms with van der Waals surface area (Å²) in [4.78, 5) is 30.4. The molecule has 2 amide bonds. The van der Waals surface area contributed by atoms with Crippen molar-refractivity contribution < 1.29 is 9.59 Å². The summed E-state index contributed by atoms with van der Waals surface area (Å²) in [5.74, 6) is -1.07. The average Bonchev–Trinajstić information content (AvgIpc) is 2.88.